The zero-order chi connectivity index (χ0) is 5.98. The molecule has 1 aromatic heterocycles. The molecule has 4 nitrogen and oxygen atoms in total. The van der Waals surface area contributed by atoms with E-state index in [0.29, 0.717) is 0 Å². The SMILES string of the molecule is Cc1ncnc[n+]1N. The fourth-order valence-corrected chi connectivity index (χ4v) is 0.369. The van der Waals surface area contributed by atoms with E-state index in [1.165, 1.54) is 17.3 Å². The van der Waals surface area contributed by atoms with Gasteiger partial charge in [0, 0.05) is 6.92 Å². The fourth-order valence-electron chi connectivity index (χ4n) is 0.369. The molecule has 0 unspecified atom stereocenters. The first kappa shape index (κ1) is 4.96. The Hall–Kier alpha value is -1.19. The molecule has 1 rings (SSSR count). The Bertz CT molecular complexity index is 164. The van der Waals surface area contributed by atoms with Crippen molar-refractivity contribution in [1.29, 1.82) is 0 Å². The lowest BCUT2D eigenvalue weighted by Gasteiger charge is -1.86. The van der Waals surface area contributed by atoms with Gasteiger partial charge in [0.2, 0.25) is 0 Å². The van der Waals surface area contributed by atoms with E-state index < -0.39 is 0 Å². The highest BCUT2D eigenvalue weighted by molar-refractivity contribution is 4.62. The van der Waals surface area contributed by atoms with Crippen molar-refractivity contribution in [2.75, 3.05) is 5.84 Å². The molecule has 0 fully saturated rings. The zero-order valence-corrected chi connectivity index (χ0v) is 4.57. The van der Waals surface area contributed by atoms with Gasteiger partial charge in [0.15, 0.2) is 0 Å². The Morgan fingerprint density at radius 3 is 2.88 bits per heavy atom. The van der Waals surface area contributed by atoms with Crippen LogP contribution in [0.3, 0.4) is 0 Å². The maximum absolute atomic E-state index is 5.31. The van der Waals surface area contributed by atoms with Crippen LogP contribution in [0.2, 0.25) is 0 Å². The molecule has 4 heteroatoms. The number of nitrogens with zero attached hydrogens (tertiary/aromatic N) is 3. The normalized spacial score (nSPS) is 9.12. The van der Waals surface area contributed by atoms with Crippen molar-refractivity contribution >= 4 is 0 Å². The van der Waals surface area contributed by atoms with Crippen LogP contribution >= 0.6 is 0 Å². The van der Waals surface area contributed by atoms with Crippen molar-refractivity contribution < 1.29 is 4.68 Å². The largest absolute Gasteiger partial charge is 0.289 e. The Morgan fingerprint density at radius 2 is 2.50 bits per heavy atom. The molecule has 0 radical (unpaired) electrons. The number of hydrogen-bond donors (Lipinski definition) is 1. The van der Waals surface area contributed by atoms with Gasteiger partial charge in [0.05, 0.1) is 0 Å². The average molecular weight is 111 g/mol. The molecule has 2 N–H and O–H groups in total. The van der Waals surface area contributed by atoms with Crippen molar-refractivity contribution in [1.82, 2.24) is 9.97 Å². The third-order valence-electron chi connectivity index (χ3n) is 0.876. The summed E-state index contributed by atoms with van der Waals surface area (Å²) in [5.41, 5.74) is 0. The molecule has 1 aromatic rings. The average Bonchev–Trinajstić information content (AvgIpc) is 1.77. The minimum atomic E-state index is 0.750. The van der Waals surface area contributed by atoms with Crippen molar-refractivity contribution in [3.63, 3.8) is 0 Å². The van der Waals surface area contributed by atoms with E-state index in [1.54, 1.807) is 0 Å². The quantitative estimate of drug-likeness (QED) is 0.337. The highest BCUT2D eigenvalue weighted by Crippen LogP contribution is 1.69. The Kier molecular flexibility index (Phi) is 1.07. The van der Waals surface area contributed by atoms with Crippen LogP contribution < -0.4 is 10.5 Å². The summed E-state index contributed by atoms with van der Waals surface area (Å²) < 4.78 is 1.36. The molecule has 42 valence electrons. The lowest BCUT2D eigenvalue weighted by Crippen LogP contribution is -2.47. The number of rotatable bonds is 0. The van der Waals surface area contributed by atoms with Crippen LogP contribution in [0, 0.1) is 6.92 Å². The van der Waals surface area contributed by atoms with Gasteiger partial charge in [-0.1, -0.05) is 9.97 Å². The van der Waals surface area contributed by atoms with Gasteiger partial charge in [-0.25, -0.2) is 0 Å². The lowest BCUT2D eigenvalue weighted by atomic mass is 10.7. The standard InChI is InChI=1S/C4H7N4/c1-4-7-2-6-3-8(4)5/h2-3H,5H2,1H3/q+1. The molecule has 0 aromatic carbocycles. The maximum atomic E-state index is 5.31. The summed E-state index contributed by atoms with van der Waals surface area (Å²) in [6, 6.07) is 0. The number of nitrogen functional groups attached to an aromatic ring is 1. The van der Waals surface area contributed by atoms with Gasteiger partial charge in [-0.2, -0.15) is 0 Å². The molecule has 0 spiro atoms. The van der Waals surface area contributed by atoms with E-state index in [0.717, 1.165) is 5.82 Å². The molecule has 0 aliphatic carbocycles. The summed E-state index contributed by atoms with van der Waals surface area (Å²) in [5.74, 6) is 6.06. The number of nitrogens with two attached hydrogens (primary N) is 1. The summed E-state index contributed by atoms with van der Waals surface area (Å²) in [7, 11) is 0. The highest BCUT2D eigenvalue weighted by atomic mass is 15.3. The monoisotopic (exact) mass is 111 g/mol. The van der Waals surface area contributed by atoms with Gasteiger partial charge >= 0.3 is 0 Å². The van der Waals surface area contributed by atoms with Gasteiger partial charge in [0.25, 0.3) is 18.5 Å². The van der Waals surface area contributed by atoms with Crippen LogP contribution in [0.15, 0.2) is 12.7 Å². The maximum Gasteiger partial charge on any atom is 0.264 e. The molecule has 0 saturated carbocycles. The molecule has 0 aliphatic heterocycles. The molecule has 0 atom stereocenters. The summed E-state index contributed by atoms with van der Waals surface area (Å²) in [4.78, 5) is 7.48. The van der Waals surface area contributed by atoms with Crippen LogP contribution in [-0.4, -0.2) is 9.97 Å². The molecule has 0 aliphatic rings. The Balaban J connectivity index is 3.13. The van der Waals surface area contributed by atoms with Crippen molar-refractivity contribution in [3.8, 4) is 0 Å². The van der Waals surface area contributed by atoms with Gasteiger partial charge in [-0.3, -0.25) is 5.84 Å². The second-order valence-corrected chi connectivity index (χ2v) is 1.46. The van der Waals surface area contributed by atoms with Gasteiger partial charge in [-0.15, -0.1) is 4.68 Å². The predicted octanol–water partition coefficient (Wildman–Crippen LogP) is -1.21. The number of hydrogen-bond acceptors (Lipinski definition) is 3. The Labute approximate surface area is 47.0 Å². The zero-order valence-electron chi connectivity index (χ0n) is 4.57. The van der Waals surface area contributed by atoms with E-state index >= 15 is 0 Å². The highest BCUT2D eigenvalue weighted by Gasteiger charge is 1.95. The first-order chi connectivity index (χ1) is 3.80. The smallest absolute Gasteiger partial charge is 0.264 e. The topological polar surface area (TPSA) is 55.7 Å². The van der Waals surface area contributed by atoms with E-state index in [1.807, 2.05) is 6.92 Å². The van der Waals surface area contributed by atoms with Crippen LogP contribution in [0.1, 0.15) is 5.82 Å². The van der Waals surface area contributed by atoms with Gasteiger partial charge in [-0.05, 0) is 0 Å². The van der Waals surface area contributed by atoms with E-state index in [4.69, 9.17) is 5.84 Å². The van der Waals surface area contributed by atoms with Crippen molar-refractivity contribution in [3.05, 3.63) is 18.5 Å². The summed E-state index contributed by atoms with van der Waals surface area (Å²) >= 11 is 0. The van der Waals surface area contributed by atoms with Crippen molar-refractivity contribution in [2.24, 2.45) is 0 Å². The minimum absolute atomic E-state index is 0.750. The summed E-state index contributed by atoms with van der Waals surface area (Å²) in [6.07, 6.45) is 2.96. The summed E-state index contributed by atoms with van der Waals surface area (Å²) in [5, 5.41) is 0. The minimum Gasteiger partial charge on any atom is -0.289 e. The molecule has 1 heterocycles. The van der Waals surface area contributed by atoms with E-state index in [-0.39, 0.29) is 0 Å². The van der Waals surface area contributed by atoms with Crippen LogP contribution in [-0.2, 0) is 0 Å². The van der Waals surface area contributed by atoms with Gasteiger partial charge < -0.3 is 0 Å². The number of aryl methyl sites for hydroxylation is 1. The van der Waals surface area contributed by atoms with Gasteiger partial charge in [0.1, 0.15) is 0 Å². The molecular weight excluding hydrogens is 104 g/mol. The molecule has 0 amide bonds. The number of aromatic nitrogens is 3. The summed E-state index contributed by atoms with van der Waals surface area (Å²) in [6.45, 7) is 1.81. The second kappa shape index (κ2) is 1.73. The fraction of sp³-hybridized carbons (Fsp3) is 0.250. The van der Waals surface area contributed by atoms with E-state index in [2.05, 4.69) is 9.97 Å². The lowest BCUT2D eigenvalue weighted by molar-refractivity contribution is -0.652. The third kappa shape index (κ3) is 0.726. The van der Waals surface area contributed by atoms with Crippen LogP contribution in [0.25, 0.3) is 0 Å². The Morgan fingerprint density at radius 1 is 1.75 bits per heavy atom. The predicted molar refractivity (Wildman–Crippen MR) is 27.1 cm³/mol. The van der Waals surface area contributed by atoms with Crippen LogP contribution in [0.5, 0.6) is 0 Å². The first-order valence-electron chi connectivity index (χ1n) is 2.24. The first-order valence-corrected chi connectivity index (χ1v) is 2.24. The molecule has 0 saturated heterocycles. The molecule has 0 bridgehead atoms. The second-order valence-electron chi connectivity index (χ2n) is 1.46. The molecule has 8 heavy (non-hydrogen) atoms. The molecular formula is C4H7N4+. The van der Waals surface area contributed by atoms with Crippen molar-refractivity contribution in [2.45, 2.75) is 6.92 Å². The third-order valence-corrected chi connectivity index (χ3v) is 0.876. The van der Waals surface area contributed by atoms with Crippen LogP contribution in [0.4, 0.5) is 0 Å². The van der Waals surface area contributed by atoms with E-state index in [9.17, 15) is 0 Å².